The van der Waals surface area contributed by atoms with E-state index in [9.17, 15) is 0 Å². The first-order chi connectivity index (χ1) is 25.8. The predicted octanol–water partition coefficient (Wildman–Crippen LogP) is 13.7. The molecule has 0 amide bonds. The first-order valence-corrected chi connectivity index (χ1v) is 17.9. The maximum absolute atomic E-state index is 2.47. The smallest absolute Gasteiger partial charge is 0.0641 e. The summed E-state index contributed by atoms with van der Waals surface area (Å²) in [4.78, 5) is 2.47. The summed E-state index contributed by atoms with van der Waals surface area (Å²) < 4.78 is 2.47. The standard InChI is InChI=1S/C50H34N2/c1-4-16-35(17-5-1)38-28-30-41(31-29-38)52-47-26-14-11-23-44(47)49-43-22-10-13-25-46(43)51(48-27-15-12-24-45(48)50(49)52)42-33-39(36-18-6-2-7-19-36)32-40(34-42)37-20-8-3-9-21-37/h1-34H. The second kappa shape index (κ2) is 12.5. The number of aromatic nitrogens is 1. The number of hydrogen-bond acceptors (Lipinski definition) is 1. The van der Waals surface area contributed by atoms with Gasteiger partial charge in [-0.3, -0.25) is 0 Å². The van der Waals surface area contributed by atoms with Crippen LogP contribution in [0.5, 0.6) is 0 Å². The normalized spacial score (nSPS) is 11.8. The number of nitrogens with zero attached hydrogens (tertiary/aromatic N) is 2. The zero-order chi connectivity index (χ0) is 34.4. The Morgan fingerprint density at radius 2 is 0.769 bits per heavy atom. The molecule has 1 aliphatic heterocycles. The SMILES string of the molecule is c1ccc(-c2ccc(-n3c4c(c5ccccc53)-c3ccccc3N(c3cc(-c5ccccc5)cc(-c5ccccc5)c3)c3ccccc3-4)cc2)cc1. The molecule has 10 rings (SSSR count). The van der Waals surface area contributed by atoms with E-state index in [0.717, 1.165) is 22.7 Å². The van der Waals surface area contributed by atoms with E-state index in [1.807, 2.05) is 0 Å². The van der Waals surface area contributed by atoms with Gasteiger partial charge in [-0.25, -0.2) is 0 Å². The second-order valence-electron chi connectivity index (χ2n) is 13.4. The van der Waals surface area contributed by atoms with E-state index in [1.54, 1.807) is 0 Å². The quantitative estimate of drug-likeness (QED) is 0.178. The molecule has 0 saturated carbocycles. The summed E-state index contributed by atoms with van der Waals surface area (Å²) >= 11 is 0. The average Bonchev–Trinajstić information content (AvgIpc) is 3.51. The minimum Gasteiger partial charge on any atom is -0.309 e. The third-order valence-corrected chi connectivity index (χ3v) is 10.3. The van der Waals surface area contributed by atoms with Crippen LogP contribution in [0.4, 0.5) is 17.1 Å². The van der Waals surface area contributed by atoms with Gasteiger partial charge in [0.15, 0.2) is 0 Å². The van der Waals surface area contributed by atoms with E-state index in [-0.39, 0.29) is 0 Å². The van der Waals surface area contributed by atoms with Crippen molar-refractivity contribution in [1.82, 2.24) is 4.57 Å². The third kappa shape index (κ3) is 4.96. The fourth-order valence-electron chi connectivity index (χ4n) is 7.96. The Bertz CT molecular complexity index is 2650. The molecule has 0 spiro atoms. The highest BCUT2D eigenvalue weighted by molar-refractivity contribution is 6.13. The Morgan fingerprint density at radius 1 is 0.308 bits per heavy atom. The lowest BCUT2D eigenvalue weighted by molar-refractivity contribution is 1.13. The first kappa shape index (κ1) is 30.0. The summed E-state index contributed by atoms with van der Waals surface area (Å²) in [5.74, 6) is 0. The topological polar surface area (TPSA) is 8.17 Å². The van der Waals surface area contributed by atoms with Crippen molar-refractivity contribution in [2.75, 3.05) is 4.90 Å². The average molecular weight is 663 g/mol. The summed E-state index contributed by atoms with van der Waals surface area (Å²) in [5.41, 5.74) is 17.7. The second-order valence-corrected chi connectivity index (χ2v) is 13.4. The van der Waals surface area contributed by atoms with E-state index in [2.05, 4.69) is 216 Å². The van der Waals surface area contributed by atoms with Crippen LogP contribution in [0.2, 0.25) is 0 Å². The molecule has 0 atom stereocenters. The van der Waals surface area contributed by atoms with Gasteiger partial charge in [0.1, 0.15) is 0 Å². The van der Waals surface area contributed by atoms with Crippen molar-refractivity contribution >= 4 is 28.0 Å². The van der Waals surface area contributed by atoms with Gasteiger partial charge in [0.25, 0.3) is 0 Å². The van der Waals surface area contributed by atoms with E-state index in [0.29, 0.717) is 0 Å². The molecule has 0 aliphatic carbocycles. The lowest BCUT2D eigenvalue weighted by atomic mass is 9.97. The highest BCUT2D eigenvalue weighted by Crippen LogP contribution is 2.54. The molecule has 2 heteroatoms. The Kier molecular flexibility index (Phi) is 7.18. The molecule has 0 unspecified atom stereocenters. The minimum absolute atomic E-state index is 1.12. The molecule has 8 aromatic carbocycles. The maximum atomic E-state index is 2.47. The van der Waals surface area contributed by atoms with Crippen molar-refractivity contribution in [3.05, 3.63) is 206 Å². The van der Waals surface area contributed by atoms with Gasteiger partial charge in [-0.1, -0.05) is 158 Å². The molecule has 1 aromatic heterocycles. The molecule has 244 valence electrons. The summed E-state index contributed by atoms with van der Waals surface area (Å²) in [6.45, 7) is 0. The summed E-state index contributed by atoms with van der Waals surface area (Å²) in [5, 5.41) is 1.23. The van der Waals surface area contributed by atoms with Gasteiger partial charge in [-0.15, -0.1) is 0 Å². The first-order valence-electron chi connectivity index (χ1n) is 17.9. The fourth-order valence-corrected chi connectivity index (χ4v) is 7.96. The van der Waals surface area contributed by atoms with Crippen LogP contribution in [-0.4, -0.2) is 4.57 Å². The largest absolute Gasteiger partial charge is 0.309 e. The van der Waals surface area contributed by atoms with Gasteiger partial charge in [-0.05, 0) is 81.9 Å². The fraction of sp³-hybridized carbons (Fsp3) is 0. The van der Waals surface area contributed by atoms with Gasteiger partial charge >= 0.3 is 0 Å². The number of hydrogen-bond donors (Lipinski definition) is 0. The summed E-state index contributed by atoms with van der Waals surface area (Å²) in [7, 11) is 0. The highest BCUT2D eigenvalue weighted by atomic mass is 15.2. The molecule has 0 saturated heterocycles. The van der Waals surface area contributed by atoms with E-state index in [4.69, 9.17) is 0 Å². The lowest BCUT2D eigenvalue weighted by Crippen LogP contribution is -2.11. The lowest BCUT2D eigenvalue weighted by Gasteiger charge is -2.28. The zero-order valence-corrected chi connectivity index (χ0v) is 28.5. The van der Waals surface area contributed by atoms with E-state index < -0.39 is 0 Å². The number of benzene rings is 8. The van der Waals surface area contributed by atoms with Crippen LogP contribution < -0.4 is 4.90 Å². The van der Waals surface area contributed by atoms with Gasteiger partial charge in [-0.2, -0.15) is 0 Å². The van der Waals surface area contributed by atoms with Crippen LogP contribution in [-0.2, 0) is 0 Å². The van der Waals surface area contributed by atoms with Crippen LogP contribution >= 0.6 is 0 Å². The molecule has 0 fully saturated rings. The van der Waals surface area contributed by atoms with Gasteiger partial charge < -0.3 is 9.47 Å². The van der Waals surface area contributed by atoms with Crippen molar-refractivity contribution in [3.63, 3.8) is 0 Å². The minimum atomic E-state index is 1.12. The van der Waals surface area contributed by atoms with E-state index in [1.165, 1.54) is 66.7 Å². The zero-order valence-electron chi connectivity index (χ0n) is 28.5. The monoisotopic (exact) mass is 662 g/mol. The van der Waals surface area contributed by atoms with Crippen LogP contribution in [0.25, 0.3) is 72.4 Å². The van der Waals surface area contributed by atoms with Gasteiger partial charge in [0, 0.05) is 33.5 Å². The molecule has 2 heterocycles. The molecule has 52 heavy (non-hydrogen) atoms. The van der Waals surface area contributed by atoms with Crippen LogP contribution in [0.1, 0.15) is 0 Å². The van der Waals surface area contributed by atoms with Crippen molar-refractivity contribution in [3.8, 4) is 61.5 Å². The van der Waals surface area contributed by atoms with Gasteiger partial charge in [0.2, 0.25) is 0 Å². The predicted molar refractivity (Wildman–Crippen MR) is 219 cm³/mol. The molecular formula is C50H34N2. The summed E-state index contributed by atoms with van der Waals surface area (Å²) in [6.07, 6.45) is 0. The molecule has 9 aromatic rings. The Labute approximate surface area is 304 Å². The molecule has 1 aliphatic rings. The van der Waals surface area contributed by atoms with Crippen molar-refractivity contribution in [2.24, 2.45) is 0 Å². The van der Waals surface area contributed by atoms with Crippen molar-refractivity contribution in [1.29, 1.82) is 0 Å². The number of para-hydroxylation sites is 3. The maximum Gasteiger partial charge on any atom is 0.0641 e. The Morgan fingerprint density at radius 3 is 1.38 bits per heavy atom. The van der Waals surface area contributed by atoms with Crippen LogP contribution in [0, 0.1) is 0 Å². The van der Waals surface area contributed by atoms with Gasteiger partial charge in [0.05, 0.1) is 22.6 Å². The number of rotatable bonds is 5. The molecule has 0 bridgehead atoms. The van der Waals surface area contributed by atoms with Crippen molar-refractivity contribution in [2.45, 2.75) is 0 Å². The third-order valence-electron chi connectivity index (χ3n) is 10.3. The van der Waals surface area contributed by atoms with Crippen molar-refractivity contribution < 1.29 is 0 Å². The molecule has 0 radical (unpaired) electrons. The Balaban J connectivity index is 1.25. The van der Waals surface area contributed by atoms with Crippen LogP contribution in [0.3, 0.4) is 0 Å². The number of fused-ring (bicyclic) bond motifs is 7. The number of anilines is 3. The molecular weight excluding hydrogens is 629 g/mol. The Hall–Kier alpha value is -6.90. The summed E-state index contributed by atoms with van der Waals surface area (Å²) in [6, 6.07) is 74.8. The highest BCUT2D eigenvalue weighted by Gasteiger charge is 2.31. The molecule has 2 nitrogen and oxygen atoms in total. The van der Waals surface area contributed by atoms with Crippen LogP contribution in [0.15, 0.2) is 206 Å². The van der Waals surface area contributed by atoms with E-state index >= 15 is 0 Å². The molecule has 0 N–H and O–H groups in total.